The number of aryl methyl sites for hydroxylation is 1. The lowest BCUT2D eigenvalue weighted by atomic mass is 9.77. The maximum absolute atomic E-state index is 13.3. The molecule has 5 rings (SSSR count). The maximum Gasteiger partial charge on any atom is 0.235 e. The molecule has 0 radical (unpaired) electrons. The first-order valence-corrected chi connectivity index (χ1v) is 9.60. The van der Waals surface area contributed by atoms with Crippen LogP contribution in [-0.4, -0.2) is 49.4 Å². The zero-order chi connectivity index (χ0) is 21.0. The van der Waals surface area contributed by atoms with E-state index in [-0.39, 0.29) is 11.8 Å². The minimum Gasteiger partial charge on any atom is -0.497 e. The third kappa shape index (κ3) is 2.69. The molecule has 0 aliphatic carbocycles. The Labute approximate surface area is 172 Å². The maximum atomic E-state index is 13.3. The summed E-state index contributed by atoms with van der Waals surface area (Å²) in [7, 11) is 3.08. The van der Waals surface area contributed by atoms with Crippen molar-refractivity contribution in [2.45, 2.75) is 18.6 Å². The lowest BCUT2D eigenvalue weighted by Crippen LogP contribution is -2.41. The molecule has 3 aliphatic rings. The average Bonchev–Trinajstić information content (AvgIpc) is 3.48. The topological polar surface area (TPSA) is 103 Å². The van der Waals surface area contributed by atoms with Crippen LogP contribution in [0.25, 0.3) is 0 Å². The Morgan fingerprint density at radius 3 is 2.60 bits per heavy atom. The number of hydrogen-bond donors (Lipinski definition) is 1. The van der Waals surface area contributed by atoms with Gasteiger partial charge in [0, 0.05) is 30.0 Å². The zero-order valence-electron chi connectivity index (χ0n) is 16.7. The van der Waals surface area contributed by atoms with Crippen LogP contribution in [0.4, 0.5) is 11.5 Å². The number of amides is 2. The van der Waals surface area contributed by atoms with E-state index in [0.717, 1.165) is 0 Å². The molecule has 9 heteroatoms. The summed E-state index contributed by atoms with van der Waals surface area (Å²) in [5, 5.41) is 6.84. The van der Waals surface area contributed by atoms with Crippen LogP contribution >= 0.6 is 0 Å². The van der Waals surface area contributed by atoms with Crippen molar-refractivity contribution in [2.24, 2.45) is 11.8 Å². The molecule has 2 fully saturated rings. The quantitative estimate of drug-likeness (QED) is 0.750. The van der Waals surface area contributed by atoms with Crippen molar-refractivity contribution < 1.29 is 28.3 Å². The number of ether oxygens (including phenoxy) is 3. The highest BCUT2D eigenvalue weighted by Crippen LogP contribution is 2.52. The third-order valence-corrected chi connectivity index (χ3v) is 5.91. The number of methoxy groups -OCH3 is 2. The predicted molar refractivity (Wildman–Crippen MR) is 105 cm³/mol. The minimum atomic E-state index is -0.831. The van der Waals surface area contributed by atoms with Crippen LogP contribution in [0.1, 0.15) is 5.76 Å². The van der Waals surface area contributed by atoms with E-state index in [4.69, 9.17) is 18.7 Å². The molecule has 2 amide bonds. The van der Waals surface area contributed by atoms with Gasteiger partial charge in [-0.05, 0) is 6.92 Å². The van der Waals surface area contributed by atoms with Crippen molar-refractivity contribution in [3.63, 3.8) is 0 Å². The largest absolute Gasteiger partial charge is 0.497 e. The van der Waals surface area contributed by atoms with Gasteiger partial charge in [-0.2, -0.15) is 0 Å². The van der Waals surface area contributed by atoms with Crippen molar-refractivity contribution in [2.75, 3.05) is 31.0 Å². The highest BCUT2D eigenvalue weighted by Gasteiger charge is 2.67. The predicted octanol–water partition coefficient (Wildman–Crippen LogP) is 1.93. The summed E-state index contributed by atoms with van der Waals surface area (Å²) in [5.41, 5.74) is -0.311. The summed E-state index contributed by atoms with van der Waals surface area (Å²) in [4.78, 5) is 28.0. The number of benzene rings is 1. The molecule has 4 atom stereocenters. The van der Waals surface area contributed by atoms with E-state index in [9.17, 15) is 9.59 Å². The molecule has 2 bridgehead atoms. The van der Waals surface area contributed by atoms with E-state index in [2.05, 4.69) is 10.5 Å². The number of hydrogen-bond acceptors (Lipinski definition) is 7. The highest BCUT2D eigenvalue weighted by atomic mass is 16.5. The fourth-order valence-corrected chi connectivity index (χ4v) is 4.58. The van der Waals surface area contributed by atoms with Gasteiger partial charge < -0.3 is 24.1 Å². The third-order valence-electron chi connectivity index (χ3n) is 5.91. The first kappa shape index (κ1) is 18.7. The average molecular weight is 411 g/mol. The Hall–Kier alpha value is -3.33. The number of rotatable bonds is 5. The molecule has 4 heterocycles. The summed E-state index contributed by atoms with van der Waals surface area (Å²) in [6.45, 7) is 2.06. The van der Waals surface area contributed by atoms with Crippen molar-refractivity contribution in [1.29, 1.82) is 0 Å². The van der Waals surface area contributed by atoms with Gasteiger partial charge in [0.1, 0.15) is 22.9 Å². The second-order valence-electron chi connectivity index (χ2n) is 7.71. The van der Waals surface area contributed by atoms with E-state index in [1.165, 1.54) is 19.1 Å². The number of fused-ring (bicyclic) bond motifs is 1. The number of nitrogens with zero attached hydrogens (tertiary/aromatic N) is 2. The monoisotopic (exact) mass is 411 g/mol. The molecule has 1 aromatic heterocycles. The fourth-order valence-electron chi connectivity index (χ4n) is 4.58. The molecular weight excluding hydrogens is 390 g/mol. The molecule has 3 aliphatic heterocycles. The second kappa shape index (κ2) is 6.60. The molecule has 0 saturated carbocycles. The van der Waals surface area contributed by atoms with Crippen LogP contribution in [0.2, 0.25) is 0 Å². The summed E-state index contributed by atoms with van der Waals surface area (Å²) in [6.07, 6.45) is 3.30. The lowest BCUT2D eigenvalue weighted by Gasteiger charge is -2.23. The number of anilines is 2. The summed E-state index contributed by atoms with van der Waals surface area (Å²) in [5.74, 6) is 0.364. The van der Waals surface area contributed by atoms with Gasteiger partial charge in [0.2, 0.25) is 11.8 Å². The van der Waals surface area contributed by atoms with Gasteiger partial charge >= 0.3 is 0 Å². The van der Waals surface area contributed by atoms with Crippen LogP contribution in [-0.2, 0) is 14.3 Å². The Kier molecular flexibility index (Phi) is 4.11. The lowest BCUT2D eigenvalue weighted by molar-refractivity contribution is -0.128. The van der Waals surface area contributed by atoms with Crippen LogP contribution in [0.3, 0.4) is 0 Å². The summed E-state index contributed by atoms with van der Waals surface area (Å²) >= 11 is 0. The van der Waals surface area contributed by atoms with E-state index in [0.29, 0.717) is 35.3 Å². The molecule has 1 spiro atoms. The van der Waals surface area contributed by atoms with Gasteiger partial charge in [-0.15, -0.1) is 0 Å². The van der Waals surface area contributed by atoms with Crippen LogP contribution in [0, 0.1) is 18.8 Å². The Bertz CT molecular complexity index is 1040. The Balaban J connectivity index is 1.42. The molecule has 1 N–H and O–H groups in total. The molecule has 156 valence electrons. The molecule has 9 nitrogen and oxygen atoms in total. The van der Waals surface area contributed by atoms with Crippen molar-refractivity contribution in [3.8, 4) is 11.5 Å². The normalized spacial score (nSPS) is 28.7. The van der Waals surface area contributed by atoms with Gasteiger partial charge in [0.15, 0.2) is 5.82 Å². The number of aromatic nitrogens is 1. The number of carbonyl (C=O) groups excluding carboxylic acids is 2. The van der Waals surface area contributed by atoms with Gasteiger partial charge in [0.05, 0.1) is 38.7 Å². The van der Waals surface area contributed by atoms with Gasteiger partial charge in [-0.25, -0.2) is 0 Å². The van der Waals surface area contributed by atoms with E-state index in [1.54, 1.807) is 31.2 Å². The summed E-state index contributed by atoms with van der Waals surface area (Å²) < 4.78 is 21.8. The van der Waals surface area contributed by atoms with Gasteiger partial charge in [0.25, 0.3) is 0 Å². The Morgan fingerprint density at radius 1 is 1.23 bits per heavy atom. The molecular formula is C21H21N3O6. The van der Waals surface area contributed by atoms with Gasteiger partial charge in [-0.1, -0.05) is 17.3 Å². The molecule has 2 aromatic rings. The first-order valence-electron chi connectivity index (χ1n) is 9.60. The molecule has 0 unspecified atom stereocenters. The van der Waals surface area contributed by atoms with E-state index >= 15 is 0 Å². The van der Waals surface area contributed by atoms with Crippen LogP contribution in [0.15, 0.2) is 40.9 Å². The van der Waals surface area contributed by atoms with Gasteiger partial charge in [-0.3, -0.25) is 14.5 Å². The van der Waals surface area contributed by atoms with Crippen LogP contribution < -0.4 is 19.7 Å². The van der Waals surface area contributed by atoms with Crippen LogP contribution in [0.5, 0.6) is 11.5 Å². The van der Waals surface area contributed by atoms with E-state index in [1.807, 2.05) is 12.2 Å². The standard InChI is InChI=1S/C21H21N3O6/c1-11-6-16(23-30-11)24-10-21-5-4-15(29-21)17(18(21)20(24)26)19(25)22-12-7-13(27-2)9-14(8-12)28-3/h4-9,15,17-18H,10H2,1-3H3,(H,22,25)/t15-,17+,18-,21-/m1/s1. The molecule has 1 aromatic carbocycles. The first-order chi connectivity index (χ1) is 14.4. The van der Waals surface area contributed by atoms with Crippen molar-refractivity contribution >= 4 is 23.3 Å². The fraction of sp³-hybridized carbons (Fsp3) is 0.381. The Morgan fingerprint density at radius 2 is 1.97 bits per heavy atom. The second-order valence-corrected chi connectivity index (χ2v) is 7.71. The minimum absolute atomic E-state index is 0.196. The number of nitrogens with one attached hydrogen (secondary N) is 1. The van der Waals surface area contributed by atoms with Crippen molar-refractivity contribution in [3.05, 3.63) is 42.2 Å². The zero-order valence-corrected chi connectivity index (χ0v) is 16.7. The van der Waals surface area contributed by atoms with Crippen molar-refractivity contribution in [1.82, 2.24) is 5.16 Å². The number of carbonyl (C=O) groups is 2. The summed E-state index contributed by atoms with van der Waals surface area (Å²) in [6, 6.07) is 6.80. The van der Waals surface area contributed by atoms with E-state index < -0.39 is 23.5 Å². The SMILES string of the molecule is COc1cc(NC(=O)[C@H]2[C@H]3C=C[C@]4(CN(c5cc(C)on5)C(=O)[C@@H]24)O3)cc(OC)c1. The smallest absolute Gasteiger partial charge is 0.235 e. The molecule has 30 heavy (non-hydrogen) atoms. The highest BCUT2D eigenvalue weighted by molar-refractivity contribution is 6.05. The molecule has 2 saturated heterocycles.